The van der Waals surface area contributed by atoms with Gasteiger partial charge in [0.15, 0.2) is 1.41 Å². The summed E-state index contributed by atoms with van der Waals surface area (Å²) in [5.74, 6) is 0. The van der Waals surface area contributed by atoms with Crippen LogP contribution in [0.4, 0.5) is 0 Å². The number of hydrogen-bond donors (Lipinski definition) is 1. The molecule has 2 heteroatoms. The summed E-state index contributed by atoms with van der Waals surface area (Å²) in [6.07, 6.45) is 3.33. The quantitative estimate of drug-likeness (QED) is 0.436. The van der Waals surface area contributed by atoms with E-state index in [1.165, 1.54) is 0 Å². The molecule has 0 aromatic rings. The van der Waals surface area contributed by atoms with Gasteiger partial charge in [-0.1, -0.05) is 0 Å². The van der Waals surface area contributed by atoms with E-state index in [1.54, 1.807) is 12.3 Å². The molecule has 0 atom stereocenters. The van der Waals surface area contributed by atoms with Gasteiger partial charge in [0.2, 0.25) is 0 Å². The van der Waals surface area contributed by atoms with Crippen LogP contribution in [0.2, 0.25) is 1.41 Å². The van der Waals surface area contributed by atoms with Crippen molar-refractivity contribution in [1.29, 1.82) is 0 Å². The summed E-state index contributed by atoms with van der Waals surface area (Å²) in [6, 6.07) is 0. The van der Waals surface area contributed by atoms with Crippen molar-refractivity contribution in [2.45, 2.75) is 0 Å². The van der Waals surface area contributed by atoms with Crippen LogP contribution in [0.3, 0.4) is 0 Å². The summed E-state index contributed by atoms with van der Waals surface area (Å²) in [5.41, 5.74) is 0.931. The van der Waals surface area contributed by atoms with Gasteiger partial charge in [-0.3, -0.25) is 10.3 Å². The molecule has 0 aliphatic carbocycles. The lowest BCUT2D eigenvalue weighted by Crippen LogP contribution is -1.95. The molecule has 1 aliphatic heterocycles. The van der Waals surface area contributed by atoms with Crippen molar-refractivity contribution in [3.8, 4) is 0 Å². The van der Waals surface area contributed by atoms with E-state index in [9.17, 15) is 0 Å². The number of hydroxylamine groups is 1. The van der Waals surface area contributed by atoms with Crippen LogP contribution in [0.5, 0.6) is 0 Å². The molecule has 0 saturated carbocycles. The monoisotopic (exact) mass is 72.0 g/mol. The SMILES string of the molecule is [2H]N1C=CCO1. The number of hydrogen-bond acceptors (Lipinski definition) is 2. The lowest BCUT2D eigenvalue weighted by atomic mass is 10.7. The maximum Gasteiger partial charge on any atom is 0.195 e. The van der Waals surface area contributed by atoms with Crippen LogP contribution in [-0.4, -0.2) is 6.61 Å². The smallest absolute Gasteiger partial charge is 0.195 e. The Morgan fingerprint density at radius 2 is 3.20 bits per heavy atom. The highest BCUT2D eigenvalue weighted by atomic mass is 16.6. The molecule has 0 radical (unpaired) electrons. The average Bonchev–Trinajstić information content (AvgIpc) is 1.86. The molecular weight excluding hydrogens is 66.0 g/mol. The predicted molar refractivity (Wildman–Crippen MR) is 18.2 cm³/mol. The van der Waals surface area contributed by atoms with Crippen LogP contribution >= 0.6 is 0 Å². The third kappa shape index (κ3) is 0.389. The van der Waals surface area contributed by atoms with E-state index in [4.69, 9.17) is 1.41 Å². The van der Waals surface area contributed by atoms with Crippen LogP contribution in [-0.2, 0) is 4.84 Å². The van der Waals surface area contributed by atoms with Gasteiger partial charge >= 0.3 is 0 Å². The summed E-state index contributed by atoms with van der Waals surface area (Å²) in [5, 5.41) is 0. The van der Waals surface area contributed by atoms with E-state index >= 15 is 0 Å². The molecule has 1 rings (SSSR count). The van der Waals surface area contributed by atoms with Crippen molar-refractivity contribution < 1.29 is 6.25 Å². The van der Waals surface area contributed by atoms with Gasteiger partial charge in [0.05, 0.1) is 6.61 Å². The second kappa shape index (κ2) is 1.08. The molecule has 28 valence electrons. The van der Waals surface area contributed by atoms with Crippen LogP contribution in [0.15, 0.2) is 12.3 Å². The van der Waals surface area contributed by atoms with Crippen molar-refractivity contribution in [3.05, 3.63) is 12.3 Å². The van der Waals surface area contributed by atoms with Crippen molar-refractivity contribution in [2.75, 3.05) is 6.61 Å². The van der Waals surface area contributed by atoms with Gasteiger partial charge in [-0.2, -0.15) is 0 Å². The standard InChI is InChI=1S/C3H5NO/c1-2-4-5-3-1/h1-2,4H,3H2/i/hD. The minimum atomic E-state index is 0.545. The zero-order valence-corrected chi connectivity index (χ0v) is 2.72. The maximum absolute atomic E-state index is 6.66. The van der Waals surface area contributed by atoms with Crippen LogP contribution in [0.1, 0.15) is 0 Å². The molecule has 1 N–H and O–H groups in total. The fourth-order valence-electron chi connectivity index (χ4n) is 0.215. The Labute approximate surface area is 31.9 Å². The van der Waals surface area contributed by atoms with Crippen LogP contribution in [0.25, 0.3) is 0 Å². The molecule has 0 amide bonds. The van der Waals surface area contributed by atoms with Crippen molar-refractivity contribution in [2.24, 2.45) is 0 Å². The van der Waals surface area contributed by atoms with Crippen LogP contribution in [0, 0.1) is 0 Å². The zero-order chi connectivity index (χ0) is 4.41. The minimum Gasteiger partial charge on any atom is -0.274 e. The number of nitrogens with one attached hydrogen (secondary N) is 1. The summed E-state index contributed by atoms with van der Waals surface area (Å²) in [7, 11) is 0. The lowest BCUT2D eigenvalue weighted by Gasteiger charge is -1.82. The van der Waals surface area contributed by atoms with Crippen molar-refractivity contribution in [3.63, 3.8) is 0 Å². The Balaban J connectivity index is 2.38. The highest BCUT2D eigenvalue weighted by Crippen LogP contribution is 1.77. The average molecular weight is 72.1 g/mol. The first kappa shape index (κ1) is 1.82. The molecular formula is C3H5NO. The van der Waals surface area contributed by atoms with Gasteiger partial charge in [0, 0.05) is 6.20 Å². The Morgan fingerprint density at radius 3 is 3.40 bits per heavy atom. The fourth-order valence-corrected chi connectivity index (χ4v) is 0.215. The second-order valence-electron chi connectivity index (χ2n) is 0.786. The van der Waals surface area contributed by atoms with Gasteiger partial charge < -0.3 is 0 Å². The Kier molecular flexibility index (Phi) is 0.394. The molecule has 2 nitrogen and oxygen atoms in total. The molecule has 5 heavy (non-hydrogen) atoms. The Morgan fingerprint density at radius 1 is 2.20 bits per heavy atom. The summed E-state index contributed by atoms with van der Waals surface area (Å²) >= 11 is 0. The molecule has 0 aromatic carbocycles. The maximum atomic E-state index is 6.66. The van der Waals surface area contributed by atoms with Gasteiger partial charge in [-0.15, -0.1) is 0 Å². The molecule has 1 heterocycles. The second-order valence-corrected chi connectivity index (χ2v) is 0.786. The van der Waals surface area contributed by atoms with Gasteiger partial charge in [-0.05, 0) is 6.08 Å². The van der Waals surface area contributed by atoms with Crippen molar-refractivity contribution in [1.82, 2.24) is 5.47 Å². The van der Waals surface area contributed by atoms with Gasteiger partial charge in [0.25, 0.3) is 0 Å². The zero-order valence-electron chi connectivity index (χ0n) is 3.72. The Bertz CT molecular complexity index is 73.2. The lowest BCUT2D eigenvalue weighted by molar-refractivity contribution is 0.115. The van der Waals surface area contributed by atoms with E-state index < -0.39 is 0 Å². The first-order valence-electron chi connectivity index (χ1n) is 1.92. The molecule has 1 aliphatic rings. The summed E-state index contributed by atoms with van der Waals surface area (Å²) < 4.78 is 6.66. The number of rotatable bonds is 0. The summed E-state index contributed by atoms with van der Waals surface area (Å²) in [6.45, 7) is 0.545. The van der Waals surface area contributed by atoms with E-state index in [1.807, 2.05) is 0 Å². The van der Waals surface area contributed by atoms with Gasteiger partial charge in [0.1, 0.15) is 0 Å². The van der Waals surface area contributed by atoms with Crippen LogP contribution < -0.4 is 5.47 Å². The largest absolute Gasteiger partial charge is 0.274 e. The molecule has 0 saturated heterocycles. The molecule has 0 fully saturated rings. The third-order valence-electron chi connectivity index (χ3n) is 0.412. The first-order chi connectivity index (χ1) is 2.89. The van der Waals surface area contributed by atoms with Crippen molar-refractivity contribution >= 4 is 0 Å². The van der Waals surface area contributed by atoms with Gasteiger partial charge in [-0.25, -0.2) is 0 Å². The molecule has 0 unspecified atom stereocenters. The fraction of sp³-hybridized carbons (Fsp3) is 0.333. The summed E-state index contributed by atoms with van der Waals surface area (Å²) in [4.78, 5) is 4.54. The van der Waals surface area contributed by atoms with E-state index in [-0.39, 0.29) is 0 Å². The molecule has 0 aromatic heterocycles. The highest BCUT2D eigenvalue weighted by Gasteiger charge is 1.80. The minimum absolute atomic E-state index is 0.545. The normalized spacial score (nSPS) is 24.0. The molecule has 0 bridgehead atoms. The third-order valence-corrected chi connectivity index (χ3v) is 0.412. The molecule has 0 spiro atoms. The van der Waals surface area contributed by atoms with E-state index in [0.29, 0.717) is 6.61 Å². The topological polar surface area (TPSA) is 21.3 Å². The van der Waals surface area contributed by atoms with E-state index in [0.717, 1.165) is 5.47 Å². The Hall–Kier alpha value is -0.500. The predicted octanol–water partition coefficient (Wildman–Crippen LogP) is 0.0349. The highest BCUT2D eigenvalue weighted by molar-refractivity contribution is 4.79. The van der Waals surface area contributed by atoms with E-state index in [2.05, 4.69) is 4.84 Å². The first-order valence-corrected chi connectivity index (χ1v) is 1.47.